The van der Waals surface area contributed by atoms with E-state index in [1.807, 2.05) is 19.9 Å². The first-order chi connectivity index (χ1) is 16.2. The highest BCUT2D eigenvalue weighted by molar-refractivity contribution is 5.92. The number of H-pyrrole nitrogens is 1. The molecule has 7 N–H and O–H groups in total. The maximum atomic E-state index is 12.8. The van der Waals surface area contributed by atoms with Crippen molar-refractivity contribution in [2.45, 2.75) is 51.2 Å². The molecule has 1 aromatic carbocycles. The van der Waals surface area contributed by atoms with E-state index in [-0.39, 0.29) is 25.3 Å². The predicted molar refractivity (Wildman–Crippen MR) is 124 cm³/mol. The lowest BCUT2D eigenvalue weighted by atomic mass is 10.0. The molecule has 11 nitrogen and oxygen atoms in total. The smallest absolute Gasteiger partial charge is 0.326 e. The van der Waals surface area contributed by atoms with Gasteiger partial charge in [-0.1, -0.05) is 44.2 Å². The molecular formula is C23H32N6O5. The van der Waals surface area contributed by atoms with Gasteiger partial charge in [-0.25, -0.2) is 9.78 Å². The van der Waals surface area contributed by atoms with Gasteiger partial charge in [-0.2, -0.15) is 0 Å². The molecule has 0 aliphatic carbocycles. The van der Waals surface area contributed by atoms with Crippen LogP contribution >= 0.6 is 0 Å². The largest absolute Gasteiger partial charge is 0.480 e. The van der Waals surface area contributed by atoms with Crippen molar-refractivity contribution >= 4 is 23.7 Å². The van der Waals surface area contributed by atoms with Gasteiger partial charge in [0.2, 0.25) is 17.7 Å². The first-order valence-corrected chi connectivity index (χ1v) is 11.0. The molecule has 3 unspecified atom stereocenters. The standard InChI is InChI=1S/C23H32N6O5/c1-14(2)8-18(22(32)29-19(23(33)34)9-15-6-4-3-5-7-15)28-20(30)12-26-21(31)17(24)10-16-11-25-13-27-16/h3-7,11,13-14,17-19H,8-10,12,24H2,1-2H3,(H,25,27)(H,26,31)(H,28,30)(H,29,32)(H,33,34). The van der Waals surface area contributed by atoms with Gasteiger partial charge in [0, 0.05) is 24.7 Å². The Kier molecular flexibility index (Phi) is 10.2. The molecule has 11 heteroatoms. The number of rotatable bonds is 13. The minimum atomic E-state index is -1.18. The molecule has 2 rings (SSSR count). The third kappa shape index (κ3) is 9.02. The van der Waals surface area contributed by atoms with E-state index >= 15 is 0 Å². The lowest BCUT2D eigenvalue weighted by Gasteiger charge is -2.23. The summed E-state index contributed by atoms with van der Waals surface area (Å²) in [6.45, 7) is 3.38. The van der Waals surface area contributed by atoms with Crippen LogP contribution in [0.15, 0.2) is 42.9 Å². The molecule has 2 aromatic rings. The molecule has 0 spiro atoms. The molecule has 3 amide bonds. The Morgan fingerprint density at radius 3 is 2.32 bits per heavy atom. The van der Waals surface area contributed by atoms with Crippen LogP contribution in [0.4, 0.5) is 0 Å². The average molecular weight is 473 g/mol. The number of carboxylic acid groups (broad SMARTS) is 1. The van der Waals surface area contributed by atoms with Crippen LogP contribution in [-0.2, 0) is 32.0 Å². The van der Waals surface area contributed by atoms with Crippen molar-refractivity contribution < 1.29 is 24.3 Å². The molecule has 184 valence electrons. The van der Waals surface area contributed by atoms with Crippen LogP contribution < -0.4 is 21.7 Å². The molecular weight excluding hydrogens is 440 g/mol. The van der Waals surface area contributed by atoms with Crippen LogP contribution in [0.2, 0.25) is 0 Å². The maximum absolute atomic E-state index is 12.8. The van der Waals surface area contributed by atoms with Crippen LogP contribution in [0, 0.1) is 5.92 Å². The van der Waals surface area contributed by atoms with Gasteiger partial charge in [0.15, 0.2) is 0 Å². The van der Waals surface area contributed by atoms with E-state index in [0.717, 1.165) is 5.56 Å². The summed E-state index contributed by atoms with van der Waals surface area (Å²) in [5.74, 6) is -2.84. The van der Waals surface area contributed by atoms with Crippen LogP contribution in [0.3, 0.4) is 0 Å². The molecule has 0 fully saturated rings. The number of carbonyl (C=O) groups is 4. The number of imidazole rings is 1. The first kappa shape index (κ1) is 26.5. The van der Waals surface area contributed by atoms with E-state index in [1.165, 1.54) is 6.33 Å². The fourth-order valence-corrected chi connectivity index (χ4v) is 3.29. The van der Waals surface area contributed by atoms with E-state index in [4.69, 9.17) is 5.73 Å². The summed E-state index contributed by atoms with van der Waals surface area (Å²) < 4.78 is 0. The van der Waals surface area contributed by atoms with Crippen molar-refractivity contribution in [3.63, 3.8) is 0 Å². The molecule has 0 saturated carbocycles. The number of amides is 3. The van der Waals surface area contributed by atoms with Crippen LogP contribution in [-0.4, -0.2) is 63.4 Å². The zero-order valence-electron chi connectivity index (χ0n) is 19.3. The molecule has 1 aromatic heterocycles. The van der Waals surface area contributed by atoms with E-state index in [1.54, 1.807) is 30.5 Å². The van der Waals surface area contributed by atoms with Gasteiger partial charge in [0.1, 0.15) is 12.1 Å². The molecule has 34 heavy (non-hydrogen) atoms. The topological polar surface area (TPSA) is 179 Å². The summed E-state index contributed by atoms with van der Waals surface area (Å²) in [7, 11) is 0. The van der Waals surface area contributed by atoms with Gasteiger partial charge in [0.25, 0.3) is 0 Å². The number of benzene rings is 1. The molecule has 3 atom stereocenters. The van der Waals surface area contributed by atoms with Crippen molar-refractivity contribution in [3.05, 3.63) is 54.1 Å². The zero-order valence-corrected chi connectivity index (χ0v) is 19.3. The van der Waals surface area contributed by atoms with Gasteiger partial charge in [0.05, 0.1) is 18.9 Å². The molecule has 0 radical (unpaired) electrons. The quantitative estimate of drug-likeness (QED) is 0.232. The normalized spacial score (nSPS) is 13.5. The van der Waals surface area contributed by atoms with Gasteiger partial charge >= 0.3 is 5.97 Å². The Bertz CT molecular complexity index is 948. The number of aromatic amines is 1. The summed E-state index contributed by atoms with van der Waals surface area (Å²) >= 11 is 0. The van der Waals surface area contributed by atoms with Crippen molar-refractivity contribution in [3.8, 4) is 0 Å². The van der Waals surface area contributed by atoms with Gasteiger partial charge in [-0.3, -0.25) is 14.4 Å². The Labute approximate surface area is 197 Å². The van der Waals surface area contributed by atoms with E-state index in [0.29, 0.717) is 12.1 Å². The lowest BCUT2D eigenvalue weighted by Crippen LogP contribution is -2.54. The second-order valence-corrected chi connectivity index (χ2v) is 8.44. The molecule has 0 aliphatic rings. The predicted octanol–water partition coefficient (Wildman–Crippen LogP) is -0.261. The van der Waals surface area contributed by atoms with E-state index in [9.17, 15) is 24.3 Å². The minimum absolute atomic E-state index is 0.0471. The Hall–Kier alpha value is -3.73. The summed E-state index contributed by atoms with van der Waals surface area (Å²) in [4.78, 5) is 55.8. The van der Waals surface area contributed by atoms with Crippen LogP contribution in [0.25, 0.3) is 0 Å². The Morgan fingerprint density at radius 2 is 1.74 bits per heavy atom. The van der Waals surface area contributed by atoms with Gasteiger partial charge in [-0.05, 0) is 17.9 Å². The first-order valence-electron chi connectivity index (χ1n) is 11.0. The summed E-state index contributed by atoms with van der Waals surface area (Å²) in [6.07, 6.45) is 3.65. The highest BCUT2D eigenvalue weighted by Gasteiger charge is 2.27. The summed E-state index contributed by atoms with van der Waals surface area (Å²) in [5.41, 5.74) is 7.29. The highest BCUT2D eigenvalue weighted by atomic mass is 16.4. The number of nitrogens with one attached hydrogen (secondary N) is 4. The van der Waals surface area contributed by atoms with Crippen molar-refractivity contribution in [2.24, 2.45) is 11.7 Å². The number of carboxylic acids is 1. The third-order valence-corrected chi connectivity index (χ3v) is 5.01. The minimum Gasteiger partial charge on any atom is -0.480 e. The number of carbonyl (C=O) groups excluding carboxylic acids is 3. The maximum Gasteiger partial charge on any atom is 0.326 e. The fourth-order valence-electron chi connectivity index (χ4n) is 3.29. The second kappa shape index (κ2) is 13.1. The number of nitrogens with two attached hydrogens (primary N) is 1. The summed E-state index contributed by atoms with van der Waals surface area (Å²) in [6, 6.07) is 5.94. The number of hydrogen-bond donors (Lipinski definition) is 6. The fraction of sp³-hybridized carbons (Fsp3) is 0.435. The molecule has 1 heterocycles. The summed E-state index contributed by atoms with van der Waals surface area (Å²) in [5, 5.41) is 17.1. The van der Waals surface area contributed by atoms with Gasteiger partial charge in [-0.15, -0.1) is 0 Å². The number of aromatic nitrogens is 2. The van der Waals surface area contributed by atoms with Crippen molar-refractivity contribution in [1.82, 2.24) is 25.9 Å². The molecule has 0 bridgehead atoms. The van der Waals surface area contributed by atoms with Crippen molar-refractivity contribution in [2.75, 3.05) is 6.54 Å². The van der Waals surface area contributed by atoms with E-state index in [2.05, 4.69) is 25.9 Å². The van der Waals surface area contributed by atoms with Gasteiger partial charge < -0.3 is 31.8 Å². The highest BCUT2D eigenvalue weighted by Crippen LogP contribution is 2.08. The van der Waals surface area contributed by atoms with Crippen LogP contribution in [0.1, 0.15) is 31.5 Å². The number of aliphatic carboxylic acids is 1. The number of hydrogen-bond acceptors (Lipinski definition) is 6. The Morgan fingerprint density at radius 1 is 1.03 bits per heavy atom. The monoisotopic (exact) mass is 472 g/mol. The number of nitrogens with zero attached hydrogens (tertiary/aromatic N) is 1. The van der Waals surface area contributed by atoms with E-state index < -0.39 is 41.8 Å². The van der Waals surface area contributed by atoms with Crippen molar-refractivity contribution in [1.29, 1.82) is 0 Å². The average Bonchev–Trinajstić information content (AvgIpc) is 3.29. The molecule has 0 saturated heterocycles. The molecule has 0 aliphatic heterocycles. The third-order valence-electron chi connectivity index (χ3n) is 5.01. The SMILES string of the molecule is CC(C)CC(NC(=O)CNC(=O)C(N)Cc1cnc[nH]1)C(=O)NC(Cc1ccccc1)C(=O)O. The lowest BCUT2D eigenvalue weighted by molar-refractivity contribution is -0.142. The van der Waals surface area contributed by atoms with Crippen LogP contribution in [0.5, 0.6) is 0 Å². The Balaban J connectivity index is 1.92. The zero-order chi connectivity index (χ0) is 25.1. The second-order valence-electron chi connectivity index (χ2n) is 8.44.